The van der Waals surface area contributed by atoms with Gasteiger partial charge in [-0.3, -0.25) is 9.69 Å². The van der Waals surface area contributed by atoms with E-state index >= 15 is 0 Å². The van der Waals surface area contributed by atoms with Crippen LogP contribution in [-0.2, 0) is 10.9 Å². The van der Waals surface area contributed by atoms with E-state index in [1.54, 1.807) is 12.1 Å². The number of hydrogen-bond acceptors (Lipinski definition) is 6. The Morgan fingerprint density at radius 2 is 1.73 bits per heavy atom. The molecule has 2 aliphatic heterocycles. The summed E-state index contributed by atoms with van der Waals surface area (Å²) in [6.07, 6.45) is -1.64. The quantitative estimate of drug-likeness (QED) is 0.368. The van der Waals surface area contributed by atoms with Gasteiger partial charge in [0.1, 0.15) is 0 Å². The lowest BCUT2D eigenvalue weighted by molar-refractivity contribution is -0.159. The largest absolute Gasteiger partial charge is 0.465 e. The topological polar surface area (TPSA) is 107 Å². The summed E-state index contributed by atoms with van der Waals surface area (Å²) in [6, 6.07) is 10.8. The van der Waals surface area contributed by atoms with Crippen LogP contribution < -0.4 is 10.7 Å². The third-order valence-corrected chi connectivity index (χ3v) is 7.35. The zero-order valence-electron chi connectivity index (χ0n) is 23.4. The molecule has 0 spiro atoms. The maximum Gasteiger partial charge on any atom is 0.417 e. The third-order valence-electron chi connectivity index (χ3n) is 7.35. The van der Waals surface area contributed by atoms with Gasteiger partial charge in [0.25, 0.3) is 11.8 Å². The first-order valence-electron chi connectivity index (χ1n) is 13.7. The van der Waals surface area contributed by atoms with Gasteiger partial charge in [-0.15, -0.1) is 5.10 Å². The molecule has 1 saturated heterocycles. The van der Waals surface area contributed by atoms with Crippen molar-refractivity contribution < 1.29 is 32.6 Å². The molecule has 2 amide bonds. The molecule has 0 bridgehead atoms. The normalized spacial score (nSPS) is 19.6. The van der Waals surface area contributed by atoms with Crippen molar-refractivity contribution in [2.24, 2.45) is 10.5 Å². The minimum absolute atomic E-state index is 0.155. The molecule has 2 aliphatic rings. The number of likely N-dealkylation sites (tertiary alicyclic amines) is 1. The Bertz CT molecular complexity index is 1270. The lowest BCUT2D eigenvalue weighted by Gasteiger charge is -2.46. The molecule has 2 aromatic rings. The molecule has 41 heavy (non-hydrogen) atoms. The number of hydrogen-bond donors (Lipinski definition) is 3. The molecular formula is C29H36F3N5O4. The van der Waals surface area contributed by atoms with Crippen LogP contribution in [0.5, 0.6) is 0 Å². The van der Waals surface area contributed by atoms with E-state index in [0.717, 1.165) is 44.6 Å². The van der Waals surface area contributed by atoms with Crippen LogP contribution in [0.3, 0.4) is 0 Å². The standard InChI is InChI=1S/C29H36F3N5O4/c1-27(2,3)29(37(26(39)40)19-9-18-36-16-7-4-8-17-36)35-34-25(41-29)20-12-14-21(15-13-20)33-24(38)22-10-5-6-11-23(22)28(30,31)32/h5-6,10-15,35H,4,7-9,16-19H2,1-3H3,(H,33,38)(H,39,40). The minimum Gasteiger partial charge on any atom is -0.465 e. The predicted octanol–water partition coefficient (Wildman–Crippen LogP) is 5.80. The highest BCUT2D eigenvalue weighted by Gasteiger charge is 2.55. The molecule has 0 aromatic heterocycles. The number of carbonyl (C=O) groups excluding carboxylic acids is 1. The second-order valence-electron chi connectivity index (χ2n) is 11.3. The highest BCUT2D eigenvalue weighted by atomic mass is 19.4. The molecule has 4 rings (SSSR count). The van der Waals surface area contributed by atoms with Crippen LogP contribution >= 0.6 is 0 Å². The van der Waals surface area contributed by atoms with Gasteiger partial charge in [0.15, 0.2) is 0 Å². The fourth-order valence-electron chi connectivity index (χ4n) is 5.12. The Labute approximate surface area is 237 Å². The fraction of sp³-hybridized carbons (Fsp3) is 0.483. The first-order valence-corrected chi connectivity index (χ1v) is 13.7. The number of amides is 2. The molecule has 9 nitrogen and oxygen atoms in total. The summed E-state index contributed by atoms with van der Waals surface area (Å²) in [4.78, 5) is 28.7. The van der Waals surface area contributed by atoms with Crippen LogP contribution in [0.25, 0.3) is 0 Å². The Morgan fingerprint density at radius 3 is 2.34 bits per heavy atom. The maximum atomic E-state index is 13.3. The van der Waals surface area contributed by atoms with E-state index in [1.165, 1.54) is 35.6 Å². The van der Waals surface area contributed by atoms with Gasteiger partial charge in [-0.1, -0.05) is 39.3 Å². The number of nitrogens with zero attached hydrogens (tertiary/aromatic N) is 3. The number of nitrogens with one attached hydrogen (secondary N) is 2. The summed E-state index contributed by atoms with van der Waals surface area (Å²) >= 11 is 0. The van der Waals surface area contributed by atoms with E-state index in [1.807, 2.05) is 20.8 Å². The van der Waals surface area contributed by atoms with E-state index in [4.69, 9.17) is 4.74 Å². The minimum atomic E-state index is -4.67. The monoisotopic (exact) mass is 575 g/mol. The number of benzene rings is 2. The van der Waals surface area contributed by atoms with Gasteiger partial charge in [-0.05, 0) is 75.3 Å². The first kappa shape index (κ1) is 30.2. The summed E-state index contributed by atoms with van der Waals surface area (Å²) in [7, 11) is 0. The molecular weight excluding hydrogens is 539 g/mol. The second kappa shape index (κ2) is 12.0. The van der Waals surface area contributed by atoms with Crippen LogP contribution in [0.1, 0.15) is 67.9 Å². The number of halogens is 3. The van der Waals surface area contributed by atoms with Crippen molar-refractivity contribution in [3.8, 4) is 0 Å². The van der Waals surface area contributed by atoms with Crippen LogP contribution in [0, 0.1) is 5.41 Å². The highest BCUT2D eigenvalue weighted by Crippen LogP contribution is 2.39. The number of alkyl halides is 3. The van der Waals surface area contributed by atoms with Gasteiger partial charge in [0, 0.05) is 23.2 Å². The van der Waals surface area contributed by atoms with Crippen molar-refractivity contribution in [2.75, 3.05) is 31.5 Å². The Morgan fingerprint density at radius 1 is 1.07 bits per heavy atom. The van der Waals surface area contributed by atoms with Gasteiger partial charge < -0.3 is 20.1 Å². The summed E-state index contributed by atoms with van der Waals surface area (Å²) < 4.78 is 46.2. The average Bonchev–Trinajstić information content (AvgIpc) is 3.38. The number of anilines is 1. The zero-order valence-corrected chi connectivity index (χ0v) is 23.4. The average molecular weight is 576 g/mol. The Balaban J connectivity index is 1.46. The van der Waals surface area contributed by atoms with Gasteiger partial charge >= 0.3 is 12.3 Å². The molecule has 1 atom stereocenters. The van der Waals surface area contributed by atoms with Crippen LogP contribution in [0.4, 0.5) is 23.7 Å². The molecule has 222 valence electrons. The Kier molecular flexibility index (Phi) is 8.81. The molecule has 3 N–H and O–H groups in total. The zero-order chi connectivity index (χ0) is 29.8. The van der Waals surface area contributed by atoms with Crippen molar-refractivity contribution >= 4 is 23.6 Å². The van der Waals surface area contributed by atoms with Crippen molar-refractivity contribution in [1.82, 2.24) is 15.2 Å². The van der Waals surface area contributed by atoms with Crippen molar-refractivity contribution in [3.05, 3.63) is 65.2 Å². The lowest BCUT2D eigenvalue weighted by Crippen LogP contribution is -2.66. The SMILES string of the molecule is CC(C)(C)C1(N(CCCN2CCCCC2)C(=O)O)NN=C(c2ccc(NC(=O)c3ccccc3C(F)(F)F)cc2)O1. The second-order valence-corrected chi connectivity index (χ2v) is 11.3. The summed E-state index contributed by atoms with van der Waals surface area (Å²) in [5.41, 5.74) is 1.48. The fourth-order valence-corrected chi connectivity index (χ4v) is 5.12. The summed E-state index contributed by atoms with van der Waals surface area (Å²) in [6.45, 7) is 8.64. The van der Waals surface area contributed by atoms with Crippen LogP contribution in [-0.4, -0.2) is 64.8 Å². The van der Waals surface area contributed by atoms with Crippen molar-refractivity contribution in [2.45, 2.75) is 58.5 Å². The van der Waals surface area contributed by atoms with Gasteiger partial charge in [0.05, 0.1) is 11.1 Å². The maximum absolute atomic E-state index is 13.3. The van der Waals surface area contributed by atoms with E-state index in [2.05, 4.69) is 20.7 Å². The number of ether oxygens (including phenoxy) is 1. The molecule has 12 heteroatoms. The van der Waals surface area contributed by atoms with Gasteiger partial charge in [0.2, 0.25) is 5.90 Å². The van der Waals surface area contributed by atoms with Gasteiger partial charge in [-0.25, -0.2) is 10.2 Å². The Hall–Kier alpha value is -3.80. The number of hydrazone groups is 1. The van der Waals surface area contributed by atoms with Crippen molar-refractivity contribution in [1.29, 1.82) is 0 Å². The van der Waals surface area contributed by atoms with E-state index in [0.29, 0.717) is 12.0 Å². The van der Waals surface area contributed by atoms with Crippen LogP contribution in [0.2, 0.25) is 0 Å². The van der Waals surface area contributed by atoms with Crippen LogP contribution in [0.15, 0.2) is 53.6 Å². The summed E-state index contributed by atoms with van der Waals surface area (Å²) in [5.74, 6) is -2.21. The highest BCUT2D eigenvalue weighted by molar-refractivity contribution is 6.05. The van der Waals surface area contributed by atoms with Gasteiger partial charge in [-0.2, -0.15) is 13.2 Å². The molecule has 2 heterocycles. The molecule has 0 aliphatic carbocycles. The number of carboxylic acid groups (broad SMARTS) is 1. The lowest BCUT2D eigenvalue weighted by atomic mass is 9.88. The summed E-state index contributed by atoms with van der Waals surface area (Å²) in [5, 5.41) is 17.0. The van der Waals surface area contributed by atoms with E-state index < -0.39 is 40.6 Å². The van der Waals surface area contributed by atoms with E-state index in [-0.39, 0.29) is 18.1 Å². The third kappa shape index (κ3) is 6.75. The molecule has 2 aromatic carbocycles. The number of piperidine rings is 1. The van der Waals surface area contributed by atoms with Crippen molar-refractivity contribution in [3.63, 3.8) is 0 Å². The molecule has 1 fully saturated rings. The molecule has 0 radical (unpaired) electrons. The number of carbonyl (C=O) groups is 2. The molecule has 0 saturated carbocycles. The number of rotatable bonds is 8. The molecule has 1 unspecified atom stereocenters. The predicted molar refractivity (Wildman–Crippen MR) is 148 cm³/mol. The smallest absolute Gasteiger partial charge is 0.417 e. The first-order chi connectivity index (χ1) is 19.3. The van der Waals surface area contributed by atoms with E-state index in [9.17, 15) is 27.9 Å².